The molecular formula is C14H15F2NOS. The van der Waals surface area contributed by atoms with Gasteiger partial charge >= 0.3 is 0 Å². The zero-order valence-corrected chi connectivity index (χ0v) is 11.3. The first kappa shape index (κ1) is 14.0. The fourth-order valence-corrected chi connectivity index (χ4v) is 2.56. The molecule has 5 heteroatoms. The molecule has 0 aliphatic rings. The van der Waals surface area contributed by atoms with Crippen molar-refractivity contribution in [2.75, 3.05) is 0 Å². The van der Waals surface area contributed by atoms with Gasteiger partial charge < -0.3 is 10.5 Å². The molecule has 0 fully saturated rings. The third kappa shape index (κ3) is 3.30. The Kier molecular flexibility index (Phi) is 4.50. The van der Waals surface area contributed by atoms with Crippen molar-refractivity contribution in [2.24, 2.45) is 5.73 Å². The minimum Gasteiger partial charge on any atom is -0.480 e. The summed E-state index contributed by atoms with van der Waals surface area (Å²) in [5.74, 6) is -1.33. The highest BCUT2D eigenvalue weighted by Crippen LogP contribution is 2.30. The number of benzene rings is 1. The molecule has 1 aromatic heterocycles. The van der Waals surface area contributed by atoms with Crippen LogP contribution in [0.2, 0.25) is 0 Å². The van der Waals surface area contributed by atoms with Crippen molar-refractivity contribution in [3.05, 3.63) is 52.2 Å². The lowest BCUT2D eigenvalue weighted by Crippen LogP contribution is -2.31. The molecule has 19 heavy (non-hydrogen) atoms. The fraction of sp³-hybridized carbons (Fsp3) is 0.286. The number of ether oxygens (including phenoxy) is 1. The number of hydrogen-bond donors (Lipinski definition) is 1. The molecule has 2 rings (SSSR count). The van der Waals surface area contributed by atoms with Crippen molar-refractivity contribution < 1.29 is 13.5 Å². The second-order valence-corrected chi connectivity index (χ2v) is 5.18. The summed E-state index contributed by atoms with van der Waals surface area (Å²) in [6, 6.07) is 6.79. The lowest BCUT2D eigenvalue weighted by molar-refractivity contribution is 0.167. The Bertz CT molecular complexity index is 530. The van der Waals surface area contributed by atoms with E-state index in [1.54, 1.807) is 0 Å². The first-order chi connectivity index (χ1) is 9.11. The summed E-state index contributed by atoms with van der Waals surface area (Å²) in [4.78, 5) is 0.929. The fourth-order valence-electron chi connectivity index (χ4n) is 1.73. The third-order valence-electron chi connectivity index (χ3n) is 2.83. The molecule has 0 saturated heterocycles. The van der Waals surface area contributed by atoms with E-state index < -0.39 is 17.7 Å². The monoisotopic (exact) mass is 283 g/mol. The van der Waals surface area contributed by atoms with Gasteiger partial charge in [-0.2, -0.15) is 0 Å². The highest BCUT2D eigenvalue weighted by molar-refractivity contribution is 7.10. The van der Waals surface area contributed by atoms with Gasteiger partial charge in [-0.3, -0.25) is 0 Å². The summed E-state index contributed by atoms with van der Waals surface area (Å²) in [7, 11) is 0. The van der Waals surface area contributed by atoms with Gasteiger partial charge in [-0.05, 0) is 30.0 Å². The topological polar surface area (TPSA) is 35.2 Å². The number of halogens is 2. The van der Waals surface area contributed by atoms with Crippen molar-refractivity contribution in [3.8, 4) is 5.75 Å². The molecule has 0 spiro atoms. The first-order valence-electron chi connectivity index (χ1n) is 6.02. The normalized spacial score (nSPS) is 14.1. The van der Waals surface area contributed by atoms with Crippen molar-refractivity contribution in [3.63, 3.8) is 0 Å². The molecule has 2 atom stereocenters. The molecule has 0 amide bonds. The first-order valence-corrected chi connectivity index (χ1v) is 6.90. The van der Waals surface area contributed by atoms with Crippen molar-refractivity contribution >= 4 is 11.3 Å². The van der Waals surface area contributed by atoms with Crippen LogP contribution in [-0.2, 0) is 0 Å². The Balaban J connectivity index is 2.25. The van der Waals surface area contributed by atoms with E-state index in [9.17, 15) is 8.78 Å². The SMILES string of the molecule is CCC(N)C(Oc1ccc(F)cc1F)c1cccs1. The standard InChI is InChI=1S/C14H15F2NOS/c1-2-11(17)14(13-4-3-7-19-13)18-12-6-5-9(15)8-10(12)16/h3-8,11,14H,2,17H2,1H3. The molecule has 2 aromatic rings. The Labute approximate surface area is 114 Å². The van der Waals surface area contributed by atoms with Gasteiger partial charge in [0.15, 0.2) is 11.6 Å². The van der Waals surface area contributed by atoms with Crippen molar-refractivity contribution in [1.82, 2.24) is 0 Å². The van der Waals surface area contributed by atoms with E-state index in [0.29, 0.717) is 6.42 Å². The molecular weight excluding hydrogens is 268 g/mol. The van der Waals surface area contributed by atoms with Crippen LogP contribution in [0.1, 0.15) is 24.3 Å². The molecule has 2 nitrogen and oxygen atoms in total. The zero-order chi connectivity index (χ0) is 13.8. The highest BCUT2D eigenvalue weighted by atomic mass is 32.1. The Morgan fingerprint density at radius 1 is 1.32 bits per heavy atom. The highest BCUT2D eigenvalue weighted by Gasteiger charge is 2.22. The molecule has 2 N–H and O–H groups in total. The van der Waals surface area contributed by atoms with E-state index in [1.165, 1.54) is 23.5 Å². The summed E-state index contributed by atoms with van der Waals surface area (Å²) < 4.78 is 32.1. The van der Waals surface area contributed by atoms with Crippen LogP contribution < -0.4 is 10.5 Å². The van der Waals surface area contributed by atoms with E-state index in [2.05, 4.69) is 0 Å². The van der Waals surface area contributed by atoms with Crippen LogP contribution in [0.15, 0.2) is 35.7 Å². The van der Waals surface area contributed by atoms with E-state index in [4.69, 9.17) is 10.5 Å². The molecule has 0 aliphatic carbocycles. The Morgan fingerprint density at radius 3 is 2.68 bits per heavy atom. The summed E-state index contributed by atoms with van der Waals surface area (Å²) in [5, 5.41) is 1.91. The lowest BCUT2D eigenvalue weighted by atomic mass is 10.1. The van der Waals surface area contributed by atoms with Gasteiger partial charge in [0, 0.05) is 17.0 Å². The molecule has 2 unspecified atom stereocenters. The predicted molar refractivity (Wildman–Crippen MR) is 72.3 cm³/mol. The molecule has 0 saturated carbocycles. The maximum atomic E-state index is 13.6. The second-order valence-electron chi connectivity index (χ2n) is 4.20. The van der Waals surface area contributed by atoms with Crippen LogP contribution in [0.3, 0.4) is 0 Å². The minimum atomic E-state index is -0.718. The van der Waals surface area contributed by atoms with E-state index in [1.807, 2.05) is 24.4 Å². The van der Waals surface area contributed by atoms with Gasteiger partial charge in [-0.25, -0.2) is 8.78 Å². The summed E-state index contributed by atoms with van der Waals surface area (Å²) >= 11 is 1.50. The maximum Gasteiger partial charge on any atom is 0.168 e. The molecule has 1 heterocycles. The van der Waals surface area contributed by atoms with Gasteiger partial charge in [-0.1, -0.05) is 13.0 Å². The summed E-state index contributed by atoms with van der Waals surface area (Å²) in [6.07, 6.45) is 0.274. The van der Waals surface area contributed by atoms with Crippen LogP contribution >= 0.6 is 11.3 Å². The van der Waals surface area contributed by atoms with Gasteiger partial charge in [0.05, 0.1) is 0 Å². The average Bonchev–Trinajstić information content (AvgIpc) is 2.91. The minimum absolute atomic E-state index is 0.0173. The molecule has 0 bridgehead atoms. The van der Waals surface area contributed by atoms with Crippen LogP contribution in [0, 0.1) is 11.6 Å². The van der Waals surface area contributed by atoms with Crippen LogP contribution in [-0.4, -0.2) is 6.04 Å². The Hall–Kier alpha value is -1.46. The molecule has 0 radical (unpaired) electrons. The third-order valence-corrected chi connectivity index (χ3v) is 3.77. The largest absolute Gasteiger partial charge is 0.480 e. The van der Waals surface area contributed by atoms with Crippen molar-refractivity contribution in [2.45, 2.75) is 25.5 Å². The molecule has 0 aliphatic heterocycles. The number of rotatable bonds is 5. The van der Waals surface area contributed by atoms with E-state index >= 15 is 0 Å². The van der Waals surface area contributed by atoms with Gasteiger partial charge in [-0.15, -0.1) is 11.3 Å². The van der Waals surface area contributed by atoms with Gasteiger partial charge in [0.2, 0.25) is 0 Å². The van der Waals surface area contributed by atoms with Gasteiger partial charge in [0.1, 0.15) is 11.9 Å². The second kappa shape index (κ2) is 6.12. The number of nitrogens with two attached hydrogens (primary N) is 1. The van der Waals surface area contributed by atoms with Crippen molar-refractivity contribution in [1.29, 1.82) is 0 Å². The number of thiophene rings is 1. The zero-order valence-electron chi connectivity index (χ0n) is 10.5. The predicted octanol–water partition coefficient (Wildman–Crippen LogP) is 3.88. The average molecular weight is 283 g/mol. The smallest absolute Gasteiger partial charge is 0.168 e. The van der Waals surface area contributed by atoms with E-state index in [0.717, 1.165) is 10.9 Å². The Morgan fingerprint density at radius 2 is 2.11 bits per heavy atom. The van der Waals surface area contributed by atoms with Crippen LogP contribution in [0.5, 0.6) is 5.75 Å². The summed E-state index contributed by atoms with van der Waals surface area (Å²) in [5.41, 5.74) is 6.02. The van der Waals surface area contributed by atoms with Crippen LogP contribution in [0.4, 0.5) is 8.78 Å². The summed E-state index contributed by atoms with van der Waals surface area (Å²) in [6.45, 7) is 1.94. The van der Waals surface area contributed by atoms with Crippen LogP contribution in [0.25, 0.3) is 0 Å². The molecule has 1 aromatic carbocycles. The van der Waals surface area contributed by atoms with Gasteiger partial charge in [0.25, 0.3) is 0 Å². The lowest BCUT2D eigenvalue weighted by Gasteiger charge is -2.23. The maximum absolute atomic E-state index is 13.6. The quantitative estimate of drug-likeness (QED) is 0.903. The van der Waals surface area contributed by atoms with E-state index in [-0.39, 0.29) is 11.8 Å². The number of hydrogen-bond acceptors (Lipinski definition) is 3. The molecule has 102 valence electrons.